The summed E-state index contributed by atoms with van der Waals surface area (Å²) in [6.07, 6.45) is 0.377. The van der Waals surface area contributed by atoms with Gasteiger partial charge in [0, 0.05) is 19.4 Å². The first kappa shape index (κ1) is 24.8. The first-order chi connectivity index (χ1) is 15.2. The van der Waals surface area contributed by atoms with Crippen molar-refractivity contribution in [1.82, 2.24) is 15.5 Å². The molecule has 3 unspecified atom stereocenters. The number of hydrogen-bond donors (Lipinski definition) is 5. The second-order valence-corrected chi connectivity index (χ2v) is 7.54. The number of hydrogen-bond acceptors (Lipinski definition) is 6. The van der Waals surface area contributed by atoms with E-state index in [1.165, 1.54) is 4.90 Å². The van der Waals surface area contributed by atoms with Crippen LogP contribution < -0.4 is 16.4 Å². The number of carbonyl (C=O) groups excluding carboxylic acids is 3. The van der Waals surface area contributed by atoms with Gasteiger partial charge in [-0.2, -0.15) is 0 Å². The van der Waals surface area contributed by atoms with E-state index in [9.17, 15) is 29.1 Å². The standard InChI is InChI=1S/C21H28N4O7/c22-12-17(26)23-14(8-9-18(27)28)19(29)24-15(11-13-5-2-1-3-6-13)20(30)25-10-4-7-16(25)21(31)32/h1-3,5-6,14-16H,4,7-12,22H2,(H,23,26)(H,24,29)(H,27,28)(H,31,32). The van der Waals surface area contributed by atoms with Crippen molar-refractivity contribution in [2.24, 2.45) is 5.73 Å². The fourth-order valence-corrected chi connectivity index (χ4v) is 3.60. The minimum absolute atomic E-state index is 0.102. The van der Waals surface area contributed by atoms with Gasteiger partial charge in [-0.3, -0.25) is 19.2 Å². The Bertz CT molecular complexity index is 846. The van der Waals surface area contributed by atoms with E-state index in [-0.39, 0.29) is 25.8 Å². The molecule has 0 saturated carbocycles. The average Bonchev–Trinajstić information content (AvgIpc) is 3.26. The quantitative estimate of drug-likeness (QED) is 0.289. The zero-order valence-corrected chi connectivity index (χ0v) is 17.5. The van der Waals surface area contributed by atoms with Gasteiger partial charge in [0.1, 0.15) is 18.1 Å². The van der Waals surface area contributed by atoms with Crippen LogP contribution in [0, 0.1) is 0 Å². The van der Waals surface area contributed by atoms with Crippen LogP contribution in [0.15, 0.2) is 30.3 Å². The molecule has 0 aliphatic carbocycles. The molecule has 1 heterocycles. The molecule has 1 aliphatic heterocycles. The summed E-state index contributed by atoms with van der Waals surface area (Å²) >= 11 is 0. The molecule has 0 aromatic heterocycles. The summed E-state index contributed by atoms with van der Waals surface area (Å²) in [6.45, 7) is -0.138. The lowest BCUT2D eigenvalue weighted by molar-refractivity contribution is -0.149. The van der Waals surface area contributed by atoms with Crippen molar-refractivity contribution < 1.29 is 34.2 Å². The fourth-order valence-electron chi connectivity index (χ4n) is 3.60. The molecular formula is C21H28N4O7. The van der Waals surface area contributed by atoms with Gasteiger partial charge in [-0.05, 0) is 24.8 Å². The average molecular weight is 448 g/mol. The number of nitrogens with two attached hydrogens (primary N) is 1. The molecule has 6 N–H and O–H groups in total. The molecule has 0 bridgehead atoms. The minimum atomic E-state index is -1.21. The lowest BCUT2D eigenvalue weighted by Crippen LogP contribution is -2.57. The van der Waals surface area contributed by atoms with E-state index in [1.807, 2.05) is 0 Å². The summed E-state index contributed by atoms with van der Waals surface area (Å²) in [5.41, 5.74) is 6.02. The largest absolute Gasteiger partial charge is 0.481 e. The number of nitrogens with zero attached hydrogens (tertiary/aromatic N) is 1. The van der Waals surface area contributed by atoms with Crippen molar-refractivity contribution in [3.63, 3.8) is 0 Å². The van der Waals surface area contributed by atoms with Crippen LogP contribution in [0.4, 0.5) is 0 Å². The second-order valence-electron chi connectivity index (χ2n) is 7.54. The van der Waals surface area contributed by atoms with Gasteiger partial charge >= 0.3 is 11.9 Å². The molecule has 1 aromatic rings. The van der Waals surface area contributed by atoms with Crippen molar-refractivity contribution >= 4 is 29.7 Å². The summed E-state index contributed by atoms with van der Waals surface area (Å²) in [5, 5.41) is 23.3. The van der Waals surface area contributed by atoms with Gasteiger partial charge in [-0.25, -0.2) is 4.79 Å². The van der Waals surface area contributed by atoms with Crippen LogP contribution in [0.5, 0.6) is 0 Å². The number of nitrogens with one attached hydrogen (secondary N) is 2. The number of carbonyl (C=O) groups is 5. The van der Waals surface area contributed by atoms with Crippen molar-refractivity contribution in [2.45, 2.75) is 50.2 Å². The molecule has 11 nitrogen and oxygen atoms in total. The second kappa shape index (κ2) is 11.8. The SMILES string of the molecule is NCC(=O)NC(CCC(=O)O)C(=O)NC(Cc1ccccc1)C(=O)N1CCCC1C(=O)O. The van der Waals surface area contributed by atoms with Crippen LogP contribution in [0.2, 0.25) is 0 Å². The number of aliphatic carboxylic acids is 2. The molecule has 174 valence electrons. The van der Waals surface area contributed by atoms with Gasteiger partial charge in [-0.1, -0.05) is 30.3 Å². The van der Waals surface area contributed by atoms with Crippen molar-refractivity contribution in [2.75, 3.05) is 13.1 Å². The Morgan fingerprint density at radius 1 is 1.06 bits per heavy atom. The Kier molecular flexibility index (Phi) is 9.14. The Hall–Kier alpha value is -3.47. The maximum absolute atomic E-state index is 13.2. The minimum Gasteiger partial charge on any atom is -0.481 e. The van der Waals surface area contributed by atoms with Gasteiger partial charge in [0.15, 0.2) is 0 Å². The summed E-state index contributed by atoms with van der Waals surface area (Å²) in [4.78, 5) is 61.5. The van der Waals surface area contributed by atoms with Crippen LogP contribution in [0.25, 0.3) is 0 Å². The third-order valence-electron chi connectivity index (χ3n) is 5.20. The summed E-state index contributed by atoms with van der Waals surface area (Å²) in [7, 11) is 0. The van der Waals surface area contributed by atoms with E-state index in [0.29, 0.717) is 12.8 Å². The first-order valence-corrected chi connectivity index (χ1v) is 10.3. The van der Waals surface area contributed by atoms with E-state index < -0.39 is 54.3 Å². The van der Waals surface area contributed by atoms with Crippen molar-refractivity contribution in [1.29, 1.82) is 0 Å². The van der Waals surface area contributed by atoms with Gasteiger partial charge in [0.05, 0.1) is 6.54 Å². The topological polar surface area (TPSA) is 179 Å². The summed E-state index contributed by atoms with van der Waals surface area (Å²) < 4.78 is 0. The van der Waals surface area contributed by atoms with Crippen LogP contribution in [0.3, 0.4) is 0 Å². The van der Waals surface area contributed by atoms with Gasteiger partial charge in [-0.15, -0.1) is 0 Å². The van der Waals surface area contributed by atoms with E-state index in [2.05, 4.69) is 10.6 Å². The fraction of sp³-hybridized carbons (Fsp3) is 0.476. The number of likely N-dealkylation sites (tertiary alicyclic amines) is 1. The summed E-state index contributed by atoms with van der Waals surface area (Å²) in [5.74, 6) is -4.20. The Morgan fingerprint density at radius 2 is 1.75 bits per heavy atom. The molecule has 2 rings (SSSR count). The monoisotopic (exact) mass is 448 g/mol. The lowest BCUT2D eigenvalue weighted by atomic mass is 10.0. The molecule has 1 aromatic carbocycles. The number of carboxylic acid groups (broad SMARTS) is 2. The maximum Gasteiger partial charge on any atom is 0.326 e. The highest BCUT2D eigenvalue weighted by atomic mass is 16.4. The number of rotatable bonds is 11. The molecule has 1 fully saturated rings. The third kappa shape index (κ3) is 7.05. The zero-order chi connectivity index (χ0) is 23.7. The van der Waals surface area contributed by atoms with Crippen molar-refractivity contribution in [3.8, 4) is 0 Å². The molecule has 3 atom stereocenters. The van der Waals surface area contributed by atoms with Crippen LogP contribution in [-0.2, 0) is 30.4 Å². The van der Waals surface area contributed by atoms with E-state index in [1.54, 1.807) is 30.3 Å². The molecule has 1 saturated heterocycles. The Morgan fingerprint density at radius 3 is 2.34 bits per heavy atom. The van der Waals surface area contributed by atoms with Gasteiger partial charge in [0.2, 0.25) is 17.7 Å². The van der Waals surface area contributed by atoms with E-state index >= 15 is 0 Å². The molecule has 3 amide bonds. The molecule has 1 aliphatic rings. The molecular weight excluding hydrogens is 420 g/mol. The van der Waals surface area contributed by atoms with Crippen LogP contribution in [-0.4, -0.2) is 76.0 Å². The predicted octanol–water partition coefficient (Wildman–Crippen LogP) is -0.902. The highest BCUT2D eigenvalue weighted by molar-refractivity contribution is 5.94. The first-order valence-electron chi connectivity index (χ1n) is 10.3. The van der Waals surface area contributed by atoms with Gasteiger partial charge in [0.25, 0.3) is 0 Å². The predicted molar refractivity (Wildman–Crippen MR) is 112 cm³/mol. The summed E-state index contributed by atoms with van der Waals surface area (Å²) in [6, 6.07) is 5.60. The zero-order valence-electron chi connectivity index (χ0n) is 17.5. The van der Waals surface area contributed by atoms with E-state index in [4.69, 9.17) is 10.8 Å². The molecule has 32 heavy (non-hydrogen) atoms. The molecule has 0 spiro atoms. The highest BCUT2D eigenvalue weighted by Crippen LogP contribution is 2.20. The molecule has 11 heteroatoms. The molecule has 0 radical (unpaired) electrons. The smallest absolute Gasteiger partial charge is 0.326 e. The lowest BCUT2D eigenvalue weighted by Gasteiger charge is -2.28. The number of amides is 3. The normalized spacial score (nSPS) is 17.3. The highest BCUT2D eigenvalue weighted by Gasteiger charge is 2.38. The van der Waals surface area contributed by atoms with Gasteiger partial charge < -0.3 is 31.5 Å². The Balaban J connectivity index is 2.23. The Labute approximate surface area is 184 Å². The number of carboxylic acids is 2. The van der Waals surface area contributed by atoms with Crippen molar-refractivity contribution in [3.05, 3.63) is 35.9 Å². The van der Waals surface area contributed by atoms with Crippen LogP contribution in [0.1, 0.15) is 31.2 Å². The maximum atomic E-state index is 13.2. The van der Waals surface area contributed by atoms with E-state index in [0.717, 1.165) is 5.56 Å². The van der Waals surface area contributed by atoms with Crippen LogP contribution >= 0.6 is 0 Å². The third-order valence-corrected chi connectivity index (χ3v) is 5.20. The number of benzene rings is 1.